The first-order valence-corrected chi connectivity index (χ1v) is 7.05. The van der Waals surface area contributed by atoms with E-state index in [1.165, 1.54) is 43.4 Å². The van der Waals surface area contributed by atoms with E-state index in [1.807, 2.05) is 0 Å². The van der Waals surface area contributed by atoms with Crippen LogP contribution in [0.4, 0.5) is 5.13 Å². The molecule has 0 atom stereocenters. The van der Waals surface area contributed by atoms with Gasteiger partial charge in [-0.1, -0.05) is 19.3 Å². The van der Waals surface area contributed by atoms with Gasteiger partial charge in [0.2, 0.25) is 0 Å². The molecule has 1 aromatic rings. The van der Waals surface area contributed by atoms with Gasteiger partial charge in [-0.2, -0.15) is 0 Å². The smallest absolute Gasteiger partial charge is 0.355 e. The summed E-state index contributed by atoms with van der Waals surface area (Å²) >= 11 is 1.44. The lowest BCUT2D eigenvalue weighted by Crippen LogP contribution is -2.36. The fourth-order valence-electron chi connectivity index (χ4n) is 2.44. The molecule has 0 bridgehead atoms. The van der Waals surface area contributed by atoms with Crippen molar-refractivity contribution in [3.8, 4) is 0 Å². The summed E-state index contributed by atoms with van der Waals surface area (Å²) in [5, 5.41) is 11.4. The lowest BCUT2D eigenvalue weighted by Gasteiger charge is -2.33. The van der Waals surface area contributed by atoms with Gasteiger partial charge in [-0.3, -0.25) is 0 Å². The molecule has 5 heteroatoms. The zero-order valence-corrected chi connectivity index (χ0v) is 10.9. The van der Waals surface area contributed by atoms with E-state index in [2.05, 4.69) is 16.8 Å². The number of thiazole rings is 1. The van der Waals surface area contributed by atoms with E-state index in [1.54, 1.807) is 5.38 Å². The van der Waals surface area contributed by atoms with Crippen LogP contribution in [-0.2, 0) is 0 Å². The van der Waals surface area contributed by atoms with Crippen LogP contribution in [0.2, 0.25) is 0 Å². The van der Waals surface area contributed by atoms with E-state index in [0.29, 0.717) is 6.04 Å². The minimum absolute atomic E-state index is 0.166. The van der Waals surface area contributed by atoms with Gasteiger partial charge in [-0.25, -0.2) is 9.78 Å². The molecule has 17 heavy (non-hydrogen) atoms. The van der Waals surface area contributed by atoms with Crippen molar-refractivity contribution in [2.24, 2.45) is 0 Å². The Kier molecular flexibility index (Phi) is 3.99. The predicted molar refractivity (Wildman–Crippen MR) is 69.0 cm³/mol. The number of hydrogen-bond donors (Lipinski definition) is 1. The lowest BCUT2D eigenvalue weighted by atomic mass is 9.94. The summed E-state index contributed by atoms with van der Waals surface area (Å²) in [6.07, 6.45) is 6.29. The second-order valence-electron chi connectivity index (χ2n) is 4.40. The van der Waals surface area contributed by atoms with Gasteiger partial charge in [0.25, 0.3) is 0 Å². The van der Waals surface area contributed by atoms with Crippen LogP contribution >= 0.6 is 11.3 Å². The summed E-state index contributed by atoms with van der Waals surface area (Å²) in [7, 11) is 0. The molecule has 0 unspecified atom stereocenters. The van der Waals surface area contributed by atoms with Crippen molar-refractivity contribution in [3.63, 3.8) is 0 Å². The number of hydrogen-bond acceptors (Lipinski definition) is 4. The van der Waals surface area contributed by atoms with E-state index in [9.17, 15) is 4.79 Å². The molecule has 0 aromatic carbocycles. The summed E-state index contributed by atoms with van der Waals surface area (Å²) in [6, 6.07) is 0.543. The molecular formula is C12H18N2O2S. The Morgan fingerprint density at radius 3 is 2.76 bits per heavy atom. The van der Waals surface area contributed by atoms with Crippen molar-refractivity contribution >= 4 is 22.4 Å². The van der Waals surface area contributed by atoms with Crippen LogP contribution in [-0.4, -0.2) is 28.6 Å². The third-order valence-corrected chi connectivity index (χ3v) is 4.19. The van der Waals surface area contributed by atoms with Crippen LogP contribution < -0.4 is 4.90 Å². The largest absolute Gasteiger partial charge is 0.476 e. The molecule has 0 amide bonds. The van der Waals surface area contributed by atoms with E-state index in [4.69, 9.17) is 5.11 Å². The van der Waals surface area contributed by atoms with Crippen LogP contribution in [0.5, 0.6) is 0 Å². The third kappa shape index (κ3) is 2.77. The van der Waals surface area contributed by atoms with Crippen LogP contribution in [0.25, 0.3) is 0 Å². The first kappa shape index (κ1) is 12.4. The highest BCUT2D eigenvalue weighted by Crippen LogP contribution is 2.29. The quantitative estimate of drug-likeness (QED) is 0.897. The molecule has 1 aliphatic rings. The van der Waals surface area contributed by atoms with Gasteiger partial charge in [-0.05, 0) is 19.8 Å². The molecule has 1 aromatic heterocycles. The SMILES string of the molecule is CCN(c1nc(C(=O)O)cs1)C1CCCCC1. The number of rotatable bonds is 4. The van der Waals surface area contributed by atoms with E-state index in [-0.39, 0.29) is 5.69 Å². The number of carboxylic acid groups (broad SMARTS) is 1. The van der Waals surface area contributed by atoms with Crippen LogP contribution in [0.1, 0.15) is 49.5 Å². The molecule has 1 heterocycles. The van der Waals surface area contributed by atoms with E-state index >= 15 is 0 Å². The molecule has 2 rings (SSSR count). The number of aromatic nitrogens is 1. The van der Waals surface area contributed by atoms with Gasteiger partial charge >= 0.3 is 5.97 Å². The summed E-state index contributed by atoms with van der Waals surface area (Å²) < 4.78 is 0. The second kappa shape index (κ2) is 5.49. The lowest BCUT2D eigenvalue weighted by molar-refractivity contribution is 0.0691. The van der Waals surface area contributed by atoms with Gasteiger partial charge < -0.3 is 10.0 Å². The van der Waals surface area contributed by atoms with Crippen molar-refractivity contribution < 1.29 is 9.90 Å². The molecule has 1 aliphatic carbocycles. The third-order valence-electron chi connectivity index (χ3n) is 3.31. The molecule has 0 radical (unpaired) electrons. The van der Waals surface area contributed by atoms with Gasteiger partial charge in [0.05, 0.1) is 0 Å². The van der Waals surface area contributed by atoms with Crippen LogP contribution in [0.3, 0.4) is 0 Å². The van der Waals surface area contributed by atoms with Crippen molar-refractivity contribution in [1.82, 2.24) is 4.98 Å². The number of nitrogens with zero attached hydrogens (tertiary/aromatic N) is 2. The normalized spacial score (nSPS) is 17.0. The molecular weight excluding hydrogens is 236 g/mol. The van der Waals surface area contributed by atoms with Gasteiger partial charge in [0.15, 0.2) is 10.8 Å². The number of anilines is 1. The Balaban J connectivity index is 2.12. The maximum absolute atomic E-state index is 10.8. The molecule has 1 saturated carbocycles. The summed E-state index contributed by atoms with van der Waals surface area (Å²) in [5.74, 6) is -0.938. The highest BCUT2D eigenvalue weighted by atomic mass is 32.1. The molecule has 94 valence electrons. The monoisotopic (exact) mass is 254 g/mol. The second-order valence-corrected chi connectivity index (χ2v) is 5.23. The highest BCUT2D eigenvalue weighted by Gasteiger charge is 2.23. The molecule has 1 fully saturated rings. The Labute approximate surface area is 105 Å². The summed E-state index contributed by atoms with van der Waals surface area (Å²) in [6.45, 7) is 3.01. The first-order chi connectivity index (χ1) is 8.22. The summed E-state index contributed by atoms with van der Waals surface area (Å²) in [4.78, 5) is 17.3. The fraction of sp³-hybridized carbons (Fsp3) is 0.667. The van der Waals surface area contributed by atoms with E-state index in [0.717, 1.165) is 11.7 Å². The van der Waals surface area contributed by atoms with Crippen molar-refractivity contribution in [2.75, 3.05) is 11.4 Å². The predicted octanol–water partition coefficient (Wildman–Crippen LogP) is 3.00. The fourth-order valence-corrected chi connectivity index (χ4v) is 3.37. The standard InChI is InChI=1S/C12H18N2O2S/c1-2-14(9-6-4-3-5-7-9)12-13-10(8-17-12)11(15)16/h8-9H,2-7H2,1H3,(H,15,16). The molecule has 0 spiro atoms. The van der Waals surface area contributed by atoms with Crippen LogP contribution in [0.15, 0.2) is 5.38 Å². The Hall–Kier alpha value is -1.10. The Morgan fingerprint density at radius 1 is 1.53 bits per heavy atom. The average Bonchev–Trinajstić information content (AvgIpc) is 2.81. The van der Waals surface area contributed by atoms with Crippen molar-refractivity contribution in [3.05, 3.63) is 11.1 Å². The molecule has 1 N–H and O–H groups in total. The molecule has 0 saturated heterocycles. The zero-order valence-electron chi connectivity index (χ0n) is 10.1. The van der Waals surface area contributed by atoms with Crippen molar-refractivity contribution in [2.45, 2.75) is 45.1 Å². The Morgan fingerprint density at radius 2 is 2.24 bits per heavy atom. The minimum atomic E-state index is -0.938. The number of carbonyl (C=O) groups is 1. The van der Waals surface area contributed by atoms with Gasteiger partial charge in [0, 0.05) is 18.0 Å². The minimum Gasteiger partial charge on any atom is -0.476 e. The average molecular weight is 254 g/mol. The maximum Gasteiger partial charge on any atom is 0.355 e. The summed E-state index contributed by atoms with van der Waals surface area (Å²) in [5.41, 5.74) is 0.166. The number of aromatic carboxylic acids is 1. The first-order valence-electron chi connectivity index (χ1n) is 6.18. The number of carboxylic acids is 1. The molecule has 0 aliphatic heterocycles. The zero-order chi connectivity index (χ0) is 12.3. The van der Waals surface area contributed by atoms with Gasteiger partial charge in [0.1, 0.15) is 0 Å². The topological polar surface area (TPSA) is 53.4 Å². The van der Waals surface area contributed by atoms with Gasteiger partial charge in [-0.15, -0.1) is 11.3 Å². The maximum atomic E-state index is 10.8. The van der Waals surface area contributed by atoms with Crippen LogP contribution in [0, 0.1) is 0 Å². The van der Waals surface area contributed by atoms with Crippen molar-refractivity contribution in [1.29, 1.82) is 0 Å². The molecule has 4 nitrogen and oxygen atoms in total. The highest BCUT2D eigenvalue weighted by molar-refractivity contribution is 7.13. The Bertz CT molecular complexity index is 386. The van der Waals surface area contributed by atoms with E-state index < -0.39 is 5.97 Å².